The minimum Gasteiger partial charge on any atom is -0.466 e. The maximum Gasteiger partial charge on any atom is 0.305 e. The predicted molar refractivity (Wildman–Crippen MR) is 264 cm³/mol. The summed E-state index contributed by atoms with van der Waals surface area (Å²) in [5.74, 6) is -0.0925. The molecule has 0 aromatic carbocycles. The number of rotatable bonds is 49. The summed E-state index contributed by atoms with van der Waals surface area (Å²) >= 11 is 0. The van der Waals surface area contributed by atoms with E-state index >= 15 is 0 Å². The van der Waals surface area contributed by atoms with E-state index in [9.17, 15) is 19.8 Å². The Balaban J connectivity index is 3.51. The van der Waals surface area contributed by atoms with Crippen LogP contribution in [-0.2, 0) is 14.3 Å². The van der Waals surface area contributed by atoms with Crippen molar-refractivity contribution in [1.82, 2.24) is 5.32 Å². The van der Waals surface area contributed by atoms with Gasteiger partial charge in [0.1, 0.15) is 0 Å². The molecule has 0 radical (unpaired) electrons. The molecular weight excluding hydrogens is 755 g/mol. The molecule has 2 unspecified atom stereocenters. The van der Waals surface area contributed by atoms with Gasteiger partial charge in [-0.3, -0.25) is 9.59 Å². The topological polar surface area (TPSA) is 95.9 Å². The van der Waals surface area contributed by atoms with Gasteiger partial charge in [0.05, 0.1) is 25.4 Å². The third-order valence-corrected chi connectivity index (χ3v) is 12.2. The molecule has 1 amide bonds. The Morgan fingerprint density at radius 3 is 1.21 bits per heavy atom. The van der Waals surface area contributed by atoms with E-state index < -0.39 is 12.1 Å². The van der Waals surface area contributed by atoms with E-state index in [-0.39, 0.29) is 18.5 Å². The zero-order chi connectivity index (χ0) is 44.4. The number of aliphatic hydroxyl groups is 2. The lowest BCUT2D eigenvalue weighted by molar-refractivity contribution is -0.143. The summed E-state index contributed by atoms with van der Waals surface area (Å²) in [7, 11) is 0. The highest BCUT2D eigenvalue weighted by atomic mass is 16.5. The Morgan fingerprint density at radius 2 is 0.803 bits per heavy atom. The highest BCUT2D eigenvalue weighted by Crippen LogP contribution is 2.16. The van der Waals surface area contributed by atoms with Crippen molar-refractivity contribution in [3.05, 3.63) is 36.5 Å². The van der Waals surface area contributed by atoms with Crippen LogP contribution in [0.4, 0.5) is 0 Å². The molecule has 2 atom stereocenters. The monoisotopic (exact) mass is 858 g/mol. The summed E-state index contributed by atoms with van der Waals surface area (Å²) in [5, 5.41) is 23.0. The quantitative estimate of drug-likeness (QED) is 0.0245. The summed E-state index contributed by atoms with van der Waals surface area (Å²) in [4.78, 5) is 24.4. The molecule has 0 bridgehead atoms. The summed E-state index contributed by atoms with van der Waals surface area (Å²) in [6, 6.07) is -0.634. The molecule has 61 heavy (non-hydrogen) atoms. The molecule has 0 heterocycles. The molecule has 0 aliphatic carbocycles. The summed E-state index contributed by atoms with van der Waals surface area (Å²) in [5.41, 5.74) is 0. The number of ether oxygens (including phenoxy) is 1. The third-order valence-electron chi connectivity index (χ3n) is 12.2. The second kappa shape index (κ2) is 50.7. The molecule has 0 saturated carbocycles. The standard InChI is InChI=1S/C55H103NO5/c1-3-5-7-9-11-13-15-24-27-31-35-39-43-47-53(58)52(51-57)56-54(59)48-44-40-36-32-28-25-22-20-18-17-19-21-23-26-30-34-38-42-46-50-61-55(60)49-45-41-37-33-29-16-14-12-10-8-6-4-2/h21,23,26,30,43,47,52-53,57-58H,3-20,22,24-25,27-29,31-42,44-46,48-51H2,1-2H3,(H,56,59)/b23-21-,30-26-,47-43+. The van der Waals surface area contributed by atoms with E-state index in [0.717, 1.165) is 77.0 Å². The van der Waals surface area contributed by atoms with E-state index in [2.05, 4.69) is 43.5 Å². The molecule has 0 spiro atoms. The predicted octanol–water partition coefficient (Wildman–Crippen LogP) is 16.1. The lowest BCUT2D eigenvalue weighted by Gasteiger charge is -2.20. The van der Waals surface area contributed by atoms with Crippen molar-refractivity contribution in [2.24, 2.45) is 0 Å². The average molecular weight is 858 g/mol. The first kappa shape index (κ1) is 59.1. The number of aliphatic hydroxyl groups excluding tert-OH is 2. The third kappa shape index (κ3) is 47.4. The number of hydrogen-bond acceptors (Lipinski definition) is 5. The number of nitrogens with one attached hydrogen (secondary N) is 1. The smallest absolute Gasteiger partial charge is 0.305 e. The van der Waals surface area contributed by atoms with Crippen LogP contribution < -0.4 is 5.32 Å². The van der Waals surface area contributed by atoms with Gasteiger partial charge in [0, 0.05) is 12.8 Å². The van der Waals surface area contributed by atoms with Gasteiger partial charge in [-0.1, -0.05) is 237 Å². The number of hydrogen-bond donors (Lipinski definition) is 3. The Hall–Kier alpha value is -1.92. The summed E-state index contributed by atoms with van der Waals surface area (Å²) in [6.07, 6.45) is 61.5. The van der Waals surface area contributed by atoms with Gasteiger partial charge in [-0.15, -0.1) is 0 Å². The molecule has 0 aromatic heterocycles. The fraction of sp³-hybridized carbons (Fsp3) is 0.855. The van der Waals surface area contributed by atoms with Gasteiger partial charge in [0.2, 0.25) is 5.91 Å². The Bertz CT molecular complexity index is 993. The molecular formula is C55H103NO5. The van der Waals surface area contributed by atoms with Crippen LogP contribution in [-0.4, -0.2) is 47.4 Å². The molecule has 0 saturated heterocycles. The maximum absolute atomic E-state index is 12.4. The Labute approximate surface area is 379 Å². The van der Waals surface area contributed by atoms with E-state index in [1.807, 2.05) is 6.08 Å². The number of carbonyl (C=O) groups excluding carboxylic acids is 2. The molecule has 358 valence electrons. The van der Waals surface area contributed by atoms with Crippen LogP contribution in [0.25, 0.3) is 0 Å². The first-order valence-corrected chi connectivity index (χ1v) is 26.8. The van der Waals surface area contributed by atoms with Crippen molar-refractivity contribution in [2.75, 3.05) is 13.2 Å². The van der Waals surface area contributed by atoms with Crippen LogP contribution in [0, 0.1) is 0 Å². The molecule has 6 heteroatoms. The molecule has 0 aromatic rings. The lowest BCUT2D eigenvalue weighted by atomic mass is 10.0. The van der Waals surface area contributed by atoms with Gasteiger partial charge in [-0.25, -0.2) is 0 Å². The zero-order valence-corrected chi connectivity index (χ0v) is 40.6. The summed E-state index contributed by atoms with van der Waals surface area (Å²) < 4.78 is 5.44. The SMILES string of the molecule is CCCCCCCCCCCCC/C=C/C(O)C(CO)NC(=O)CCCCCCCCCCCC/C=C\C=C/CCCCCOC(=O)CCCCCCCCCCCCCC. The van der Waals surface area contributed by atoms with Crippen LogP contribution in [0.2, 0.25) is 0 Å². The van der Waals surface area contributed by atoms with Crippen LogP contribution in [0.3, 0.4) is 0 Å². The normalized spacial score (nSPS) is 12.9. The largest absolute Gasteiger partial charge is 0.466 e. The molecule has 6 nitrogen and oxygen atoms in total. The number of esters is 1. The minimum absolute atomic E-state index is 0.0140. The Morgan fingerprint density at radius 1 is 0.459 bits per heavy atom. The number of amides is 1. The molecule has 0 fully saturated rings. The van der Waals surface area contributed by atoms with Crippen molar-refractivity contribution in [1.29, 1.82) is 0 Å². The molecule has 3 N–H and O–H groups in total. The fourth-order valence-corrected chi connectivity index (χ4v) is 8.04. The number of unbranched alkanes of at least 4 members (excludes halogenated alkanes) is 35. The molecule has 0 aliphatic heterocycles. The van der Waals surface area contributed by atoms with Gasteiger partial charge in [0.15, 0.2) is 0 Å². The minimum atomic E-state index is -0.850. The van der Waals surface area contributed by atoms with Gasteiger partial charge in [-0.2, -0.15) is 0 Å². The van der Waals surface area contributed by atoms with Gasteiger partial charge < -0.3 is 20.3 Å². The van der Waals surface area contributed by atoms with E-state index in [1.54, 1.807) is 6.08 Å². The van der Waals surface area contributed by atoms with E-state index in [1.165, 1.54) is 173 Å². The second-order valence-electron chi connectivity index (χ2n) is 18.2. The van der Waals surface area contributed by atoms with Crippen LogP contribution >= 0.6 is 0 Å². The van der Waals surface area contributed by atoms with Gasteiger partial charge >= 0.3 is 5.97 Å². The van der Waals surface area contributed by atoms with Crippen molar-refractivity contribution >= 4 is 11.9 Å². The molecule has 0 aliphatic rings. The van der Waals surface area contributed by atoms with Crippen molar-refractivity contribution in [2.45, 2.75) is 289 Å². The van der Waals surface area contributed by atoms with Crippen LogP contribution in [0.1, 0.15) is 277 Å². The maximum atomic E-state index is 12.4. The van der Waals surface area contributed by atoms with Crippen molar-refractivity contribution in [3.63, 3.8) is 0 Å². The summed E-state index contributed by atoms with van der Waals surface area (Å²) in [6.45, 7) is 4.85. The fourth-order valence-electron chi connectivity index (χ4n) is 8.04. The van der Waals surface area contributed by atoms with E-state index in [0.29, 0.717) is 19.4 Å². The highest BCUT2D eigenvalue weighted by Gasteiger charge is 2.18. The first-order chi connectivity index (χ1) is 30.0. The molecule has 0 rings (SSSR count). The highest BCUT2D eigenvalue weighted by molar-refractivity contribution is 5.76. The number of carbonyl (C=O) groups is 2. The van der Waals surface area contributed by atoms with Crippen molar-refractivity contribution in [3.8, 4) is 0 Å². The Kier molecular flexibility index (Phi) is 49.1. The zero-order valence-electron chi connectivity index (χ0n) is 40.6. The van der Waals surface area contributed by atoms with Crippen LogP contribution in [0.5, 0.6) is 0 Å². The number of allylic oxidation sites excluding steroid dienone is 5. The second-order valence-corrected chi connectivity index (χ2v) is 18.2. The first-order valence-electron chi connectivity index (χ1n) is 26.8. The van der Waals surface area contributed by atoms with Crippen molar-refractivity contribution < 1.29 is 24.5 Å². The lowest BCUT2D eigenvalue weighted by Crippen LogP contribution is -2.45. The van der Waals surface area contributed by atoms with Crippen LogP contribution in [0.15, 0.2) is 36.5 Å². The van der Waals surface area contributed by atoms with Gasteiger partial charge in [-0.05, 0) is 64.2 Å². The average Bonchev–Trinajstić information content (AvgIpc) is 3.26. The van der Waals surface area contributed by atoms with E-state index in [4.69, 9.17) is 4.74 Å². The van der Waals surface area contributed by atoms with Gasteiger partial charge in [0.25, 0.3) is 0 Å².